The van der Waals surface area contributed by atoms with Crippen LogP contribution in [0.4, 0.5) is 5.69 Å². The molecule has 0 aliphatic heterocycles. The van der Waals surface area contributed by atoms with Gasteiger partial charge in [0.2, 0.25) is 0 Å². The number of ether oxygens (including phenoxy) is 1. The summed E-state index contributed by atoms with van der Waals surface area (Å²) in [5, 5.41) is 10.4. The van der Waals surface area contributed by atoms with Gasteiger partial charge in [-0.25, -0.2) is 0 Å². The van der Waals surface area contributed by atoms with Crippen LogP contribution in [0.25, 0.3) is 5.57 Å². The molecule has 0 heterocycles. The van der Waals surface area contributed by atoms with E-state index in [-0.39, 0.29) is 0 Å². The first-order chi connectivity index (χ1) is 11.3. The molecule has 3 heteroatoms. The second kappa shape index (κ2) is 7.45. The molecule has 0 spiro atoms. The lowest BCUT2D eigenvalue weighted by Crippen LogP contribution is -2.75. The van der Waals surface area contributed by atoms with Crippen LogP contribution >= 0.6 is 0 Å². The summed E-state index contributed by atoms with van der Waals surface area (Å²) in [6, 6.07) is 12.4. The molecule has 0 fully saturated rings. The molecule has 0 atom stereocenters. The summed E-state index contributed by atoms with van der Waals surface area (Å²) in [6.07, 6.45) is 0. The zero-order valence-electron chi connectivity index (χ0n) is 15.4. The minimum absolute atomic E-state index is 0.585. The van der Waals surface area contributed by atoms with Crippen molar-refractivity contribution in [3.8, 4) is 5.75 Å². The molecule has 0 aliphatic rings. The lowest BCUT2D eigenvalue weighted by Gasteiger charge is -2.16. The van der Waals surface area contributed by atoms with E-state index in [9.17, 15) is 0 Å². The Bertz CT molecular complexity index is 780. The van der Waals surface area contributed by atoms with E-state index in [4.69, 9.17) is 10.1 Å². The van der Waals surface area contributed by atoms with Gasteiger partial charge in [-0.3, -0.25) is 5.32 Å². The van der Waals surface area contributed by atoms with Crippen LogP contribution in [0.3, 0.4) is 0 Å². The van der Waals surface area contributed by atoms with Crippen LogP contribution in [0.15, 0.2) is 42.1 Å². The molecule has 0 saturated carbocycles. The van der Waals surface area contributed by atoms with E-state index in [0.29, 0.717) is 5.71 Å². The van der Waals surface area contributed by atoms with Gasteiger partial charge in [-0.15, -0.1) is 0 Å². The summed E-state index contributed by atoms with van der Waals surface area (Å²) < 4.78 is 5.30. The van der Waals surface area contributed by atoms with E-state index in [1.807, 2.05) is 25.1 Å². The summed E-state index contributed by atoms with van der Waals surface area (Å²) in [5.41, 5.74) is 8.61. The number of methoxy groups -OCH3 is 1. The normalized spacial score (nSPS) is 11.9. The quantitative estimate of drug-likeness (QED) is 0.626. The molecule has 24 heavy (non-hydrogen) atoms. The molecule has 0 bridgehead atoms. The van der Waals surface area contributed by atoms with Crippen LogP contribution < -0.4 is 10.1 Å². The van der Waals surface area contributed by atoms with Gasteiger partial charge in [0.15, 0.2) is 0 Å². The minimum atomic E-state index is 0.585. The van der Waals surface area contributed by atoms with Crippen molar-refractivity contribution in [3.63, 3.8) is 0 Å². The van der Waals surface area contributed by atoms with Gasteiger partial charge in [-0.1, -0.05) is 23.8 Å². The van der Waals surface area contributed by atoms with Crippen molar-refractivity contribution >= 4 is 17.0 Å². The molecule has 3 N–H and O–H groups in total. The van der Waals surface area contributed by atoms with Crippen molar-refractivity contribution in [1.29, 1.82) is 5.41 Å². The smallest absolute Gasteiger partial charge is 0.138 e. The van der Waals surface area contributed by atoms with Crippen LogP contribution in [0.1, 0.15) is 36.1 Å². The average molecular weight is 323 g/mol. The van der Waals surface area contributed by atoms with Gasteiger partial charge in [0.05, 0.1) is 12.7 Å². The zero-order chi connectivity index (χ0) is 17.9. The number of rotatable bonds is 5. The Balaban J connectivity index is 2.53. The van der Waals surface area contributed by atoms with Crippen molar-refractivity contribution in [2.75, 3.05) is 7.11 Å². The summed E-state index contributed by atoms with van der Waals surface area (Å²) in [4.78, 5) is 0. The Morgan fingerprint density at radius 1 is 1.00 bits per heavy atom. The molecule has 0 saturated heterocycles. The molecular weight excluding hydrogens is 296 g/mol. The first-order valence-electron chi connectivity index (χ1n) is 8.17. The molecule has 0 aliphatic carbocycles. The van der Waals surface area contributed by atoms with E-state index in [0.717, 1.165) is 22.7 Å². The first-order valence-corrected chi connectivity index (χ1v) is 8.17. The molecule has 2 aromatic carbocycles. The first kappa shape index (κ1) is 18.0. The van der Waals surface area contributed by atoms with Gasteiger partial charge in [0, 0.05) is 18.7 Å². The summed E-state index contributed by atoms with van der Waals surface area (Å²) in [7, 11) is 1.67. The number of benzene rings is 2. The third-order valence-electron chi connectivity index (χ3n) is 4.17. The third kappa shape index (κ3) is 3.92. The topological polar surface area (TPSA) is 49.7 Å². The van der Waals surface area contributed by atoms with Crippen LogP contribution in [0, 0.1) is 26.2 Å². The summed E-state index contributed by atoms with van der Waals surface area (Å²) >= 11 is 0. The molecule has 0 amide bonds. The van der Waals surface area contributed by atoms with Gasteiger partial charge in [-0.05, 0) is 56.5 Å². The standard InChI is InChI=1S/C21H26N2O/c1-13-10-14(2)20(15(3)11-13)21(16(4)22)17(5)23-18-8-7-9-19(12-18)24-6/h7-12,22-23H,1-6H3/p+1. The molecular formula is C21H27N2O+. The molecule has 126 valence electrons. The van der Waals surface area contributed by atoms with Gasteiger partial charge >= 0.3 is 0 Å². The van der Waals surface area contributed by atoms with Crippen LogP contribution in [0.2, 0.25) is 0 Å². The number of quaternary nitrogens is 1. The number of nitrogens with one attached hydrogen (secondary N) is 1. The van der Waals surface area contributed by atoms with Gasteiger partial charge in [0.25, 0.3) is 0 Å². The van der Waals surface area contributed by atoms with Crippen molar-refractivity contribution in [2.24, 2.45) is 0 Å². The number of hydrogen-bond acceptors (Lipinski definition) is 2. The highest BCUT2D eigenvalue weighted by Crippen LogP contribution is 2.27. The average Bonchev–Trinajstić information content (AvgIpc) is 2.50. The second-order valence-corrected chi connectivity index (χ2v) is 6.38. The minimum Gasteiger partial charge on any atom is -0.497 e. The fraction of sp³-hybridized carbons (Fsp3) is 0.286. The Morgan fingerprint density at radius 3 is 2.17 bits per heavy atom. The predicted octanol–water partition coefficient (Wildman–Crippen LogP) is 4.29. The lowest BCUT2D eigenvalue weighted by atomic mass is 9.90. The molecule has 3 nitrogen and oxygen atoms in total. The van der Waals surface area contributed by atoms with Crippen molar-refractivity contribution in [2.45, 2.75) is 34.6 Å². The number of aryl methyl sites for hydroxylation is 3. The molecule has 2 aromatic rings. The van der Waals surface area contributed by atoms with E-state index < -0.39 is 0 Å². The molecule has 0 radical (unpaired) electrons. The van der Waals surface area contributed by atoms with Gasteiger partial charge < -0.3 is 10.1 Å². The van der Waals surface area contributed by atoms with Crippen molar-refractivity contribution < 1.29 is 10.1 Å². The molecule has 0 aromatic heterocycles. The van der Waals surface area contributed by atoms with Gasteiger partial charge in [0.1, 0.15) is 17.1 Å². The molecule has 0 unspecified atom stereocenters. The maximum atomic E-state index is 8.31. The number of hydrogen-bond donors (Lipinski definition) is 2. The summed E-state index contributed by atoms with van der Waals surface area (Å²) in [5.74, 6) is 0.840. The van der Waals surface area contributed by atoms with Crippen LogP contribution in [-0.4, -0.2) is 12.8 Å². The van der Waals surface area contributed by atoms with Crippen molar-refractivity contribution in [3.05, 3.63) is 64.3 Å². The fourth-order valence-corrected chi connectivity index (χ4v) is 3.31. The maximum absolute atomic E-state index is 8.31. The van der Waals surface area contributed by atoms with E-state index in [1.54, 1.807) is 7.11 Å². The SMILES string of the molecule is COc1cccc([NH2+]C(C)=C(C(C)=N)c2c(C)cc(C)cc2C)c1. The highest BCUT2D eigenvalue weighted by Gasteiger charge is 2.17. The Morgan fingerprint density at radius 2 is 1.62 bits per heavy atom. The highest BCUT2D eigenvalue weighted by atomic mass is 16.5. The highest BCUT2D eigenvalue weighted by molar-refractivity contribution is 6.22. The van der Waals surface area contributed by atoms with E-state index in [1.165, 1.54) is 22.3 Å². The van der Waals surface area contributed by atoms with E-state index >= 15 is 0 Å². The molecule has 2 rings (SSSR count). The van der Waals surface area contributed by atoms with Crippen molar-refractivity contribution in [1.82, 2.24) is 0 Å². The Kier molecular flexibility index (Phi) is 5.58. The van der Waals surface area contributed by atoms with E-state index in [2.05, 4.69) is 51.2 Å². The maximum Gasteiger partial charge on any atom is 0.138 e. The predicted molar refractivity (Wildman–Crippen MR) is 101 cm³/mol. The Labute approximate surface area is 144 Å². The zero-order valence-corrected chi connectivity index (χ0v) is 15.4. The number of allylic oxidation sites excluding steroid dienone is 2. The largest absolute Gasteiger partial charge is 0.497 e. The van der Waals surface area contributed by atoms with Gasteiger partial charge in [-0.2, -0.15) is 0 Å². The second-order valence-electron chi connectivity index (χ2n) is 6.38. The monoisotopic (exact) mass is 323 g/mol. The van der Waals surface area contributed by atoms with Crippen LogP contribution in [-0.2, 0) is 0 Å². The summed E-state index contributed by atoms with van der Waals surface area (Å²) in [6.45, 7) is 10.3. The third-order valence-corrected chi connectivity index (χ3v) is 4.17. The Hall–Kier alpha value is -2.39. The lowest BCUT2D eigenvalue weighted by molar-refractivity contribution is -0.516. The fourth-order valence-electron chi connectivity index (χ4n) is 3.31. The number of nitrogens with two attached hydrogens (primary N) is 1. The van der Waals surface area contributed by atoms with Crippen LogP contribution in [0.5, 0.6) is 5.75 Å².